The molecule has 0 saturated carbocycles. The molecule has 0 aliphatic carbocycles. The molecule has 1 unspecified atom stereocenters. The molecular formula is C12H12Cl2N2S. The lowest BCUT2D eigenvalue weighted by atomic mass is 10.2. The second-order valence-corrected chi connectivity index (χ2v) is 5.53. The lowest BCUT2D eigenvalue weighted by Crippen LogP contribution is -2.06. The molecule has 1 aromatic heterocycles. The minimum atomic E-state index is 0.161. The number of benzene rings is 1. The van der Waals surface area contributed by atoms with Gasteiger partial charge < -0.3 is 11.1 Å². The van der Waals surface area contributed by atoms with Crippen molar-refractivity contribution in [2.75, 3.05) is 11.1 Å². The summed E-state index contributed by atoms with van der Waals surface area (Å²) in [5.41, 5.74) is 6.95. The van der Waals surface area contributed by atoms with Crippen LogP contribution in [0.5, 0.6) is 0 Å². The highest BCUT2D eigenvalue weighted by molar-refractivity contribution is 7.10. The van der Waals surface area contributed by atoms with E-state index in [9.17, 15) is 0 Å². The van der Waals surface area contributed by atoms with Crippen LogP contribution in [-0.2, 0) is 0 Å². The van der Waals surface area contributed by atoms with Gasteiger partial charge in [-0.05, 0) is 30.5 Å². The molecule has 0 amide bonds. The first kappa shape index (κ1) is 12.6. The lowest BCUT2D eigenvalue weighted by molar-refractivity contribution is 0.908. The molecule has 2 nitrogen and oxygen atoms in total. The summed E-state index contributed by atoms with van der Waals surface area (Å²) >= 11 is 13.9. The second kappa shape index (κ2) is 5.17. The number of nitrogens with two attached hydrogens (primary N) is 1. The Morgan fingerprint density at radius 3 is 2.47 bits per heavy atom. The molecule has 90 valence electrons. The molecule has 0 aliphatic heterocycles. The van der Waals surface area contributed by atoms with Crippen molar-refractivity contribution in [3.8, 4) is 0 Å². The van der Waals surface area contributed by atoms with Crippen molar-refractivity contribution in [3.63, 3.8) is 0 Å². The van der Waals surface area contributed by atoms with Crippen molar-refractivity contribution in [2.45, 2.75) is 13.0 Å². The van der Waals surface area contributed by atoms with Crippen LogP contribution >= 0.6 is 34.5 Å². The first-order valence-electron chi connectivity index (χ1n) is 5.12. The van der Waals surface area contributed by atoms with Crippen molar-refractivity contribution in [1.29, 1.82) is 0 Å². The third kappa shape index (κ3) is 2.86. The molecule has 0 bridgehead atoms. The molecule has 2 aromatic rings. The summed E-state index contributed by atoms with van der Waals surface area (Å²) < 4.78 is 0. The van der Waals surface area contributed by atoms with Crippen LogP contribution in [0.1, 0.15) is 17.8 Å². The molecular weight excluding hydrogens is 275 g/mol. The normalized spacial score (nSPS) is 12.4. The highest BCUT2D eigenvalue weighted by atomic mass is 35.5. The summed E-state index contributed by atoms with van der Waals surface area (Å²) in [7, 11) is 0. The van der Waals surface area contributed by atoms with Crippen molar-refractivity contribution in [3.05, 3.63) is 44.6 Å². The van der Waals surface area contributed by atoms with E-state index < -0.39 is 0 Å². The number of hydrogen-bond acceptors (Lipinski definition) is 3. The van der Waals surface area contributed by atoms with Gasteiger partial charge in [0.1, 0.15) is 0 Å². The highest BCUT2D eigenvalue weighted by Gasteiger charge is 2.12. The average molecular weight is 287 g/mol. The first-order chi connectivity index (χ1) is 8.08. The van der Waals surface area contributed by atoms with E-state index in [0.29, 0.717) is 15.7 Å². The Hall–Kier alpha value is -0.900. The van der Waals surface area contributed by atoms with Crippen molar-refractivity contribution < 1.29 is 0 Å². The minimum absolute atomic E-state index is 0.161. The molecule has 0 aliphatic rings. The molecule has 0 fully saturated rings. The number of nitrogens with one attached hydrogen (secondary N) is 1. The summed E-state index contributed by atoms with van der Waals surface area (Å²) in [4.78, 5) is 1.23. The van der Waals surface area contributed by atoms with Crippen LogP contribution in [0, 0.1) is 0 Å². The van der Waals surface area contributed by atoms with Gasteiger partial charge in [0, 0.05) is 10.6 Å². The summed E-state index contributed by atoms with van der Waals surface area (Å²) in [5, 5.41) is 6.42. The summed E-state index contributed by atoms with van der Waals surface area (Å²) in [6.07, 6.45) is 0. The molecule has 1 aromatic carbocycles. The molecule has 1 heterocycles. The Morgan fingerprint density at radius 2 is 1.94 bits per heavy atom. The summed E-state index contributed by atoms with van der Waals surface area (Å²) in [5.74, 6) is 0. The zero-order chi connectivity index (χ0) is 12.4. The van der Waals surface area contributed by atoms with Gasteiger partial charge in [0.2, 0.25) is 0 Å². The molecule has 0 saturated heterocycles. The van der Waals surface area contributed by atoms with Crippen molar-refractivity contribution >= 4 is 45.9 Å². The summed E-state index contributed by atoms with van der Waals surface area (Å²) in [6, 6.07) is 7.63. The predicted molar refractivity (Wildman–Crippen MR) is 77.2 cm³/mol. The van der Waals surface area contributed by atoms with Gasteiger partial charge >= 0.3 is 0 Å². The smallest absolute Gasteiger partial charge is 0.0725 e. The number of halogens is 2. The topological polar surface area (TPSA) is 38.0 Å². The predicted octanol–water partition coefficient (Wildman–Crippen LogP) is 4.81. The molecule has 1 atom stereocenters. The van der Waals surface area contributed by atoms with Gasteiger partial charge in [-0.3, -0.25) is 0 Å². The maximum absolute atomic E-state index is 6.12. The maximum atomic E-state index is 6.12. The first-order valence-corrected chi connectivity index (χ1v) is 6.76. The van der Waals surface area contributed by atoms with Gasteiger partial charge in [0.05, 0.1) is 21.8 Å². The molecule has 17 heavy (non-hydrogen) atoms. The zero-order valence-electron chi connectivity index (χ0n) is 9.21. The summed E-state index contributed by atoms with van der Waals surface area (Å²) in [6.45, 7) is 2.06. The molecule has 3 N–H and O–H groups in total. The third-order valence-electron chi connectivity index (χ3n) is 2.40. The van der Waals surface area contributed by atoms with Crippen LogP contribution in [0.15, 0.2) is 29.6 Å². The van der Waals surface area contributed by atoms with E-state index in [1.54, 1.807) is 23.5 Å². The van der Waals surface area contributed by atoms with Gasteiger partial charge in [-0.15, -0.1) is 11.3 Å². The molecule has 5 heteroatoms. The highest BCUT2D eigenvalue weighted by Crippen LogP contribution is 2.35. The van der Waals surface area contributed by atoms with Gasteiger partial charge in [0.15, 0.2) is 0 Å². The van der Waals surface area contributed by atoms with E-state index in [1.807, 2.05) is 11.4 Å². The van der Waals surface area contributed by atoms with Crippen LogP contribution in [0.2, 0.25) is 10.0 Å². The molecule has 0 spiro atoms. The Bertz CT molecular complexity index is 488. The van der Waals surface area contributed by atoms with Gasteiger partial charge in [-0.2, -0.15) is 0 Å². The van der Waals surface area contributed by atoms with Crippen molar-refractivity contribution in [2.24, 2.45) is 0 Å². The van der Waals surface area contributed by atoms with E-state index in [4.69, 9.17) is 28.9 Å². The number of nitrogen functional groups attached to an aromatic ring is 1. The Labute approximate surface area is 114 Å². The van der Waals surface area contributed by atoms with E-state index in [1.165, 1.54) is 4.88 Å². The fourth-order valence-corrected chi connectivity index (χ4v) is 2.90. The van der Waals surface area contributed by atoms with Gasteiger partial charge in [0.25, 0.3) is 0 Å². The molecule has 0 radical (unpaired) electrons. The van der Waals surface area contributed by atoms with E-state index in [-0.39, 0.29) is 6.04 Å². The SMILES string of the molecule is CC(Nc1c(Cl)cc(N)cc1Cl)c1cccs1. The Morgan fingerprint density at radius 1 is 1.29 bits per heavy atom. The van der Waals surface area contributed by atoms with Crippen molar-refractivity contribution in [1.82, 2.24) is 0 Å². The van der Waals surface area contributed by atoms with Gasteiger partial charge in [-0.1, -0.05) is 29.3 Å². The Kier molecular flexibility index (Phi) is 3.82. The van der Waals surface area contributed by atoms with Crippen LogP contribution in [0.4, 0.5) is 11.4 Å². The second-order valence-electron chi connectivity index (χ2n) is 3.74. The van der Waals surface area contributed by atoms with E-state index in [0.717, 1.165) is 5.69 Å². The van der Waals surface area contributed by atoms with Crippen LogP contribution in [-0.4, -0.2) is 0 Å². The monoisotopic (exact) mass is 286 g/mol. The third-order valence-corrected chi connectivity index (χ3v) is 4.05. The minimum Gasteiger partial charge on any atom is -0.399 e. The average Bonchev–Trinajstić information content (AvgIpc) is 2.76. The molecule has 2 rings (SSSR count). The van der Waals surface area contributed by atoms with Crippen LogP contribution < -0.4 is 11.1 Å². The quantitative estimate of drug-likeness (QED) is 0.795. The maximum Gasteiger partial charge on any atom is 0.0725 e. The number of thiophene rings is 1. The fraction of sp³-hybridized carbons (Fsp3) is 0.167. The van der Waals surface area contributed by atoms with E-state index >= 15 is 0 Å². The van der Waals surface area contributed by atoms with Gasteiger partial charge in [-0.25, -0.2) is 0 Å². The standard InChI is InChI=1S/C12H12Cl2N2S/c1-7(11-3-2-4-17-11)16-12-9(13)5-8(15)6-10(12)14/h2-7,16H,15H2,1H3. The van der Waals surface area contributed by atoms with Crippen LogP contribution in [0.3, 0.4) is 0 Å². The van der Waals surface area contributed by atoms with E-state index in [2.05, 4.69) is 18.3 Å². The largest absolute Gasteiger partial charge is 0.399 e. The van der Waals surface area contributed by atoms with Crippen LogP contribution in [0.25, 0.3) is 0 Å². The Balaban J connectivity index is 2.25. The number of hydrogen-bond donors (Lipinski definition) is 2. The number of rotatable bonds is 3. The number of anilines is 2. The lowest BCUT2D eigenvalue weighted by Gasteiger charge is -2.16. The zero-order valence-corrected chi connectivity index (χ0v) is 11.5. The fourth-order valence-electron chi connectivity index (χ4n) is 1.56.